The maximum absolute atomic E-state index is 14.0. The van der Waals surface area contributed by atoms with Gasteiger partial charge in [-0.3, -0.25) is 19.2 Å². The number of thiophene rings is 1. The van der Waals surface area contributed by atoms with Crippen LogP contribution in [-0.2, 0) is 19.4 Å². The molecule has 1 aliphatic heterocycles. The van der Waals surface area contributed by atoms with Crippen molar-refractivity contribution in [1.29, 1.82) is 0 Å². The van der Waals surface area contributed by atoms with Crippen molar-refractivity contribution in [2.45, 2.75) is 70.9 Å². The summed E-state index contributed by atoms with van der Waals surface area (Å²) in [6.07, 6.45) is 2.00. The SMILES string of the molecule is Cc1cc(-c2cc(Cl)ccc2OCCn2c(C)nc3c(c2=O)C[C@@](C)(N2C[C@@H]4CC(F)(F)C[C@@H]4C2)CC3)c2scc(C(=O)O)c2n1. The number of rotatable bonds is 7. The first-order valence-electron chi connectivity index (χ1n) is 15.6. The van der Waals surface area contributed by atoms with Crippen molar-refractivity contribution in [3.8, 4) is 16.9 Å². The third kappa shape index (κ3) is 5.50. The van der Waals surface area contributed by atoms with Crippen molar-refractivity contribution in [1.82, 2.24) is 19.4 Å². The highest BCUT2D eigenvalue weighted by Gasteiger charge is 2.53. The van der Waals surface area contributed by atoms with E-state index in [0.29, 0.717) is 64.9 Å². The van der Waals surface area contributed by atoms with E-state index >= 15 is 0 Å². The van der Waals surface area contributed by atoms with Gasteiger partial charge in [-0.1, -0.05) is 11.6 Å². The molecular formula is C34H35ClF2N4O4S. The summed E-state index contributed by atoms with van der Waals surface area (Å²) in [5, 5.41) is 11.8. The molecule has 1 N–H and O–H groups in total. The summed E-state index contributed by atoms with van der Waals surface area (Å²) >= 11 is 7.72. The number of nitrogens with zero attached hydrogens (tertiary/aromatic N) is 4. The van der Waals surface area contributed by atoms with Crippen LogP contribution in [0.25, 0.3) is 21.3 Å². The van der Waals surface area contributed by atoms with Gasteiger partial charge in [0.1, 0.15) is 18.2 Å². The van der Waals surface area contributed by atoms with Crippen molar-refractivity contribution < 1.29 is 23.4 Å². The molecule has 7 rings (SSSR count). The summed E-state index contributed by atoms with van der Waals surface area (Å²) < 4.78 is 36.7. The van der Waals surface area contributed by atoms with Gasteiger partial charge in [-0.2, -0.15) is 0 Å². The number of halogens is 3. The number of aromatic nitrogens is 3. The van der Waals surface area contributed by atoms with Gasteiger partial charge in [0.05, 0.1) is 28.0 Å². The lowest BCUT2D eigenvalue weighted by Crippen LogP contribution is -2.51. The number of carboxylic acids is 1. The van der Waals surface area contributed by atoms with Crippen LogP contribution in [0.2, 0.25) is 5.02 Å². The lowest BCUT2D eigenvalue weighted by atomic mass is 9.80. The van der Waals surface area contributed by atoms with E-state index in [1.165, 1.54) is 11.3 Å². The molecule has 4 aromatic rings. The number of benzene rings is 1. The molecule has 2 aliphatic carbocycles. The Morgan fingerprint density at radius 3 is 2.61 bits per heavy atom. The van der Waals surface area contributed by atoms with Crippen molar-refractivity contribution in [2.24, 2.45) is 11.8 Å². The van der Waals surface area contributed by atoms with Crippen LogP contribution in [0.4, 0.5) is 8.78 Å². The van der Waals surface area contributed by atoms with E-state index in [2.05, 4.69) is 16.8 Å². The molecule has 0 bridgehead atoms. The average Bonchev–Trinajstić information content (AvgIpc) is 3.67. The Bertz CT molecular complexity index is 1930. The Balaban J connectivity index is 1.12. The minimum atomic E-state index is -2.55. The molecule has 46 heavy (non-hydrogen) atoms. The number of carboxylic acid groups (broad SMARTS) is 1. The number of carbonyl (C=O) groups is 1. The van der Waals surface area contributed by atoms with Crippen LogP contribution in [0.15, 0.2) is 34.4 Å². The molecule has 12 heteroatoms. The highest BCUT2D eigenvalue weighted by atomic mass is 35.5. The molecule has 0 amide bonds. The summed E-state index contributed by atoms with van der Waals surface area (Å²) in [7, 11) is 0. The zero-order chi connectivity index (χ0) is 32.5. The van der Waals surface area contributed by atoms with Gasteiger partial charge in [0, 0.05) is 64.3 Å². The van der Waals surface area contributed by atoms with Crippen molar-refractivity contribution in [3.05, 3.63) is 73.4 Å². The second-order valence-electron chi connectivity index (χ2n) is 13.3. The molecule has 2 fully saturated rings. The first-order valence-corrected chi connectivity index (χ1v) is 16.8. The van der Waals surface area contributed by atoms with Crippen molar-refractivity contribution in [2.75, 3.05) is 19.7 Å². The fourth-order valence-corrected chi connectivity index (χ4v) is 8.98. The highest BCUT2D eigenvalue weighted by molar-refractivity contribution is 7.18. The van der Waals surface area contributed by atoms with E-state index in [1.54, 1.807) is 28.1 Å². The monoisotopic (exact) mass is 668 g/mol. The standard InChI is InChI=1S/C34H35ClF2N4O4S/c1-18-10-24(30-29(38-18)26(17-46-30)32(43)44)23-11-22(35)4-5-28(23)45-9-8-41-19(2)39-27-6-7-33(3,14-25(27)31(41)42)40-15-20-12-34(36,37)13-21(20)16-40/h4-5,10-11,17,20-21H,6-9,12-16H2,1-3H3,(H,43,44)/t20-,21+,33-/m0/s1. The summed E-state index contributed by atoms with van der Waals surface area (Å²) in [5.41, 5.74) is 3.90. The summed E-state index contributed by atoms with van der Waals surface area (Å²) in [6.45, 7) is 7.59. The van der Waals surface area contributed by atoms with Gasteiger partial charge in [0.25, 0.3) is 5.56 Å². The van der Waals surface area contributed by atoms with Gasteiger partial charge >= 0.3 is 5.97 Å². The average molecular weight is 669 g/mol. The number of fused-ring (bicyclic) bond motifs is 3. The molecule has 3 atom stereocenters. The number of aryl methyl sites for hydroxylation is 3. The van der Waals surface area contributed by atoms with Crippen LogP contribution >= 0.6 is 22.9 Å². The van der Waals surface area contributed by atoms with E-state index in [9.17, 15) is 23.5 Å². The van der Waals surface area contributed by atoms with Gasteiger partial charge < -0.3 is 9.84 Å². The van der Waals surface area contributed by atoms with Crippen LogP contribution in [-0.4, -0.2) is 61.7 Å². The van der Waals surface area contributed by atoms with Crippen molar-refractivity contribution in [3.63, 3.8) is 0 Å². The lowest BCUT2D eigenvalue weighted by molar-refractivity contribution is -0.00860. The minimum Gasteiger partial charge on any atom is -0.491 e. The first-order chi connectivity index (χ1) is 21.8. The number of pyridine rings is 1. The molecular weight excluding hydrogens is 634 g/mol. The predicted octanol–water partition coefficient (Wildman–Crippen LogP) is 6.79. The quantitative estimate of drug-likeness (QED) is 0.232. The maximum atomic E-state index is 14.0. The minimum absolute atomic E-state index is 0.0159. The smallest absolute Gasteiger partial charge is 0.338 e. The predicted molar refractivity (Wildman–Crippen MR) is 174 cm³/mol. The number of hydrogen-bond donors (Lipinski definition) is 1. The van der Waals surface area contributed by atoms with E-state index in [0.717, 1.165) is 22.4 Å². The first kappa shape index (κ1) is 31.2. The molecule has 0 radical (unpaired) electrons. The zero-order valence-electron chi connectivity index (χ0n) is 25.9. The molecule has 0 spiro atoms. The van der Waals surface area contributed by atoms with E-state index < -0.39 is 11.9 Å². The third-order valence-corrected chi connectivity index (χ3v) is 11.4. The summed E-state index contributed by atoms with van der Waals surface area (Å²) in [6, 6.07) is 7.19. The molecule has 242 valence electrons. The fourth-order valence-electron chi connectivity index (χ4n) is 7.80. The molecule has 1 saturated carbocycles. The molecule has 3 aliphatic rings. The highest BCUT2D eigenvalue weighted by Crippen LogP contribution is 2.49. The topological polar surface area (TPSA) is 97.6 Å². The lowest BCUT2D eigenvalue weighted by Gasteiger charge is -2.43. The van der Waals surface area contributed by atoms with Gasteiger partial charge in [0.15, 0.2) is 0 Å². The molecule has 0 unspecified atom stereocenters. The zero-order valence-corrected chi connectivity index (χ0v) is 27.5. The number of ether oxygens (including phenoxy) is 1. The molecule has 3 aromatic heterocycles. The second kappa shape index (κ2) is 11.4. The Morgan fingerprint density at radius 2 is 1.89 bits per heavy atom. The third-order valence-electron chi connectivity index (χ3n) is 10.1. The van der Waals surface area contributed by atoms with Crippen LogP contribution in [0.1, 0.15) is 59.3 Å². The number of likely N-dealkylation sites (tertiary alicyclic amines) is 1. The number of hydrogen-bond acceptors (Lipinski definition) is 7. The van der Waals surface area contributed by atoms with Crippen LogP contribution in [0.3, 0.4) is 0 Å². The Hall–Kier alpha value is -3.41. The fraction of sp³-hybridized carbons (Fsp3) is 0.471. The van der Waals surface area contributed by atoms with Gasteiger partial charge in [-0.05, 0) is 76.1 Å². The van der Waals surface area contributed by atoms with E-state index in [-0.39, 0.29) is 54.5 Å². The van der Waals surface area contributed by atoms with E-state index in [4.69, 9.17) is 21.3 Å². The van der Waals surface area contributed by atoms with Gasteiger partial charge in [-0.25, -0.2) is 18.6 Å². The van der Waals surface area contributed by atoms with Gasteiger partial charge in [0.2, 0.25) is 5.92 Å². The molecule has 8 nitrogen and oxygen atoms in total. The largest absolute Gasteiger partial charge is 0.491 e. The van der Waals surface area contributed by atoms with Crippen molar-refractivity contribution >= 4 is 39.1 Å². The molecule has 1 saturated heterocycles. The second-order valence-corrected chi connectivity index (χ2v) is 14.7. The van der Waals surface area contributed by atoms with Crippen LogP contribution < -0.4 is 10.3 Å². The normalized spacial score (nSPS) is 23.9. The summed E-state index contributed by atoms with van der Waals surface area (Å²) in [4.78, 5) is 37.4. The van der Waals surface area contributed by atoms with Gasteiger partial charge in [-0.15, -0.1) is 11.3 Å². The Kier molecular flexibility index (Phi) is 7.72. The number of aromatic carboxylic acids is 1. The maximum Gasteiger partial charge on any atom is 0.338 e. The molecule has 4 heterocycles. The van der Waals surface area contributed by atoms with Crippen LogP contribution in [0, 0.1) is 25.7 Å². The number of alkyl halides is 2. The Morgan fingerprint density at radius 1 is 1.15 bits per heavy atom. The summed E-state index contributed by atoms with van der Waals surface area (Å²) in [5.74, 6) is -2.38. The molecule has 1 aromatic carbocycles. The Labute approximate surface area is 274 Å². The van der Waals surface area contributed by atoms with Crippen LogP contribution in [0.5, 0.6) is 5.75 Å². The van der Waals surface area contributed by atoms with E-state index in [1.807, 2.05) is 19.9 Å².